The molecule has 1 atom stereocenters. The summed E-state index contributed by atoms with van der Waals surface area (Å²) in [6, 6.07) is 8.29. The van der Waals surface area contributed by atoms with Crippen LogP contribution in [0.3, 0.4) is 0 Å². The van der Waals surface area contributed by atoms with Crippen molar-refractivity contribution in [3.05, 3.63) is 50.3 Å². The summed E-state index contributed by atoms with van der Waals surface area (Å²) in [5.74, 6) is 1.96. The van der Waals surface area contributed by atoms with Gasteiger partial charge in [0.1, 0.15) is 11.5 Å². The van der Waals surface area contributed by atoms with Crippen molar-refractivity contribution in [2.75, 3.05) is 6.61 Å². The fraction of sp³-hybridized carbons (Fsp3) is 0.333. The number of halogens is 2. The fourth-order valence-corrected chi connectivity index (χ4v) is 3.27. The molecule has 3 rings (SSSR count). The molecule has 2 heterocycles. The molecule has 1 unspecified atom stereocenters. The Morgan fingerprint density at radius 1 is 1.30 bits per heavy atom. The monoisotopic (exact) mass is 399 g/mol. The summed E-state index contributed by atoms with van der Waals surface area (Å²) in [5, 5.41) is 3.47. The molecule has 1 aromatic carbocycles. The molecule has 1 N–H and O–H groups in total. The molecule has 1 aliphatic rings. The first kappa shape index (κ1) is 14.2. The average Bonchev–Trinajstić information content (AvgIpc) is 3.03. The van der Waals surface area contributed by atoms with Crippen molar-refractivity contribution in [1.82, 2.24) is 5.32 Å². The number of nitrogens with one attached hydrogen (secondary N) is 1. The van der Waals surface area contributed by atoms with Crippen LogP contribution in [0.25, 0.3) is 0 Å². The normalized spacial score (nSPS) is 14.9. The molecule has 0 saturated heterocycles. The highest BCUT2D eigenvalue weighted by molar-refractivity contribution is 9.10. The Kier molecular flexibility index (Phi) is 4.19. The lowest BCUT2D eigenvalue weighted by Gasteiger charge is -2.14. The molecular weight excluding hydrogens is 386 g/mol. The Bertz CT molecular complexity index is 624. The summed E-state index contributed by atoms with van der Waals surface area (Å²) < 4.78 is 13.2. The van der Waals surface area contributed by atoms with Gasteiger partial charge in [0, 0.05) is 23.0 Å². The third kappa shape index (κ3) is 2.95. The quantitative estimate of drug-likeness (QED) is 0.814. The van der Waals surface area contributed by atoms with Crippen LogP contribution in [0.5, 0.6) is 5.75 Å². The highest BCUT2D eigenvalue weighted by Crippen LogP contribution is 2.33. The van der Waals surface area contributed by atoms with E-state index >= 15 is 0 Å². The van der Waals surface area contributed by atoms with Crippen molar-refractivity contribution in [2.45, 2.75) is 25.9 Å². The van der Waals surface area contributed by atoms with E-state index in [2.05, 4.69) is 56.2 Å². The highest BCUT2D eigenvalue weighted by atomic mass is 79.9. The first-order valence-corrected chi connectivity index (χ1v) is 8.15. The van der Waals surface area contributed by atoms with Gasteiger partial charge in [-0.2, -0.15) is 0 Å². The van der Waals surface area contributed by atoms with Crippen molar-refractivity contribution in [2.24, 2.45) is 0 Å². The van der Waals surface area contributed by atoms with Crippen LogP contribution >= 0.6 is 31.9 Å². The van der Waals surface area contributed by atoms with Gasteiger partial charge in [-0.05, 0) is 52.7 Å². The second kappa shape index (κ2) is 5.92. The lowest BCUT2D eigenvalue weighted by Crippen LogP contribution is -2.18. The molecule has 0 amide bonds. The zero-order valence-corrected chi connectivity index (χ0v) is 14.3. The summed E-state index contributed by atoms with van der Waals surface area (Å²) in [6.07, 6.45) is 0.989. The topological polar surface area (TPSA) is 34.4 Å². The van der Waals surface area contributed by atoms with E-state index in [1.165, 1.54) is 11.1 Å². The Hall–Kier alpha value is -0.780. The summed E-state index contributed by atoms with van der Waals surface area (Å²) in [5.41, 5.74) is 2.47. The lowest BCUT2D eigenvalue weighted by atomic mass is 10.1. The van der Waals surface area contributed by atoms with Crippen molar-refractivity contribution >= 4 is 31.9 Å². The van der Waals surface area contributed by atoms with Crippen LogP contribution in [-0.2, 0) is 13.0 Å². The molecular formula is C15H15Br2NO2. The maximum atomic E-state index is 5.73. The third-order valence-electron chi connectivity index (χ3n) is 3.44. The minimum atomic E-state index is 0.150. The van der Waals surface area contributed by atoms with Gasteiger partial charge in [0.25, 0.3) is 0 Å². The molecule has 20 heavy (non-hydrogen) atoms. The van der Waals surface area contributed by atoms with Crippen LogP contribution in [-0.4, -0.2) is 6.61 Å². The number of furan rings is 1. The molecule has 0 radical (unpaired) electrons. The summed E-state index contributed by atoms with van der Waals surface area (Å²) in [4.78, 5) is 0. The number of rotatable bonds is 4. The molecule has 1 aliphatic heterocycles. The maximum absolute atomic E-state index is 5.73. The van der Waals surface area contributed by atoms with E-state index in [9.17, 15) is 0 Å². The van der Waals surface area contributed by atoms with E-state index in [0.29, 0.717) is 0 Å². The molecule has 0 bridgehead atoms. The largest absolute Gasteiger partial charge is 0.493 e. The Balaban J connectivity index is 1.73. The van der Waals surface area contributed by atoms with Crippen LogP contribution in [0.4, 0.5) is 0 Å². The van der Waals surface area contributed by atoms with Gasteiger partial charge in [0.05, 0.1) is 12.6 Å². The van der Waals surface area contributed by atoms with Crippen LogP contribution in [0, 0.1) is 0 Å². The van der Waals surface area contributed by atoms with E-state index < -0.39 is 0 Å². The number of benzene rings is 1. The Labute approximate surface area is 135 Å². The SMILES string of the molecule is CC(NCc1cc(Br)cc2c1OCC2)c1ccc(Br)o1. The van der Waals surface area contributed by atoms with Gasteiger partial charge < -0.3 is 14.5 Å². The van der Waals surface area contributed by atoms with E-state index in [1.807, 2.05) is 12.1 Å². The maximum Gasteiger partial charge on any atom is 0.169 e. The third-order valence-corrected chi connectivity index (χ3v) is 4.33. The number of hydrogen-bond acceptors (Lipinski definition) is 3. The zero-order chi connectivity index (χ0) is 14.1. The summed E-state index contributed by atoms with van der Waals surface area (Å²) in [7, 11) is 0. The smallest absolute Gasteiger partial charge is 0.169 e. The van der Waals surface area contributed by atoms with Gasteiger partial charge >= 0.3 is 0 Å². The van der Waals surface area contributed by atoms with Gasteiger partial charge in [0.15, 0.2) is 4.67 Å². The first-order valence-electron chi connectivity index (χ1n) is 6.56. The van der Waals surface area contributed by atoms with Gasteiger partial charge in [0.2, 0.25) is 0 Å². The van der Waals surface area contributed by atoms with Crippen molar-refractivity contribution in [1.29, 1.82) is 0 Å². The molecule has 2 aromatic rings. The van der Waals surface area contributed by atoms with Gasteiger partial charge in [-0.3, -0.25) is 0 Å². The molecule has 1 aromatic heterocycles. The van der Waals surface area contributed by atoms with Crippen LogP contribution in [0.1, 0.15) is 29.9 Å². The standard InChI is InChI=1S/C15H15Br2NO2/c1-9(13-2-3-14(17)20-13)18-8-11-7-12(16)6-10-4-5-19-15(10)11/h2-3,6-7,9,18H,4-5,8H2,1H3. The van der Waals surface area contributed by atoms with E-state index in [4.69, 9.17) is 9.15 Å². The highest BCUT2D eigenvalue weighted by Gasteiger charge is 2.18. The van der Waals surface area contributed by atoms with Crippen LogP contribution in [0.2, 0.25) is 0 Å². The summed E-state index contributed by atoms with van der Waals surface area (Å²) >= 11 is 6.89. The minimum Gasteiger partial charge on any atom is -0.493 e. The Morgan fingerprint density at radius 3 is 2.90 bits per heavy atom. The number of fused-ring (bicyclic) bond motifs is 1. The Morgan fingerprint density at radius 2 is 2.15 bits per heavy atom. The molecule has 5 heteroatoms. The summed E-state index contributed by atoms with van der Waals surface area (Å²) in [6.45, 7) is 3.62. The predicted octanol–water partition coefficient (Wildman–Crippen LogP) is 4.59. The molecule has 3 nitrogen and oxygen atoms in total. The van der Waals surface area contributed by atoms with E-state index in [1.54, 1.807) is 0 Å². The van der Waals surface area contributed by atoms with Crippen molar-refractivity contribution in [3.8, 4) is 5.75 Å². The minimum absolute atomic E-state index is 0.150. The predicted molar refractivity (Wildman–Crippen MR) is 85.0 cm³/mol. The molecule has 106 valence electrons. The van der Waals surface area contributed by atoms with Gasteiger partial charge in [-0.25, -0.2) is 0 Å². The zero-order valence-electron chi connectivity index (χ0n) is 11.1. The number of hydrogen-bond donors (Lipinski definition) is 1. The van der Waals surface area contributed by atoms with Crippen LogP contribution in [0.15, 0.2) is 37.8 Å². The molecule has 0 fully saturated rings. The van der Waals surface area contributed by atoms with E-state index in [-0.39, 0.29) is 6.04 Å². The van der Waals surface area contributed by atoms with Crippen molar-refractivity contribution in [3.63, 3.8) is 0 Å². The molecule has 0 saturated carbocycles. The van der Waals surface area contributed by atoms with Crippen molar-refractivity contribution < 1.29 is 9.15 Å². The second-order valence-corrected chi connectivity index (χ2v) is 6.59. The fourth-order valence-electron chi connectivity index (χ4n) is 2.40. The average molecular weight is 401 g/mol. The second-order valence-electron chi connectivity index (χ2n) is 4.90. The first-order chi connectivity index (χ1) is 9.63. The lowest BCUT2D eigenvalue weighted by molar-refractivity contribution is 0.350. The van der Waals surface area contributed by atoms with E-state index in [0.717, 1.165) is 40.2 Å². The van der Waals surface area contributed by atoms with Gasteiger partial charge in [-0.15, -0.1) is 0 Å². The molecule has 0 aliphatic carbocycles. The van der Waals surface area contributed by atoms with Crippen LogP contribution < -0.4 is 10.1 Å². The van der Waals surface area contributed by atoms with Gasteiger partial charge in [-0.1, -0.05) is 15.9 Å². The number of ether oxygens (including phenoxy) is 1. The molecule has 0 spiro atoms.